The van der Waals surface area contributed by atoms with E-state index in [-0.39, 0.29) is 0 Å². The monoisotopic (exact) mass is 215 g/mol. The minimum absolute atomic E-state index is 0.304. The Hall–Kier alpha value is -1.19. The topological polar surface area (TPSA) is 12.0 Å². The van der Waals surface area contributed by atoms with Gasteiger partial charge in [-0.3, -0.25) is 0 Å². The van der Waals surface area contributed by atoms with Crippen LogP contribution in [0, 0.1) is 23.4 Å². The summed E-state index contributed by atoms with van der Waals surface area (Å²) < 4.78 is 38.2. The molecule has 0 aromatic heterocycles. The van der Waals surface area contributed by atoms with Crippen molar-refractivity contribution in [3.8, 4) is 0 Å². The highest BCUT2D eigenvalue weighted by atomic mass is 19.2. The smallest absolute Gasteiger partial charge is 0.194 e. The number of nitrogens with one attached hydrogen (secondary N) is 1. The summed E-state index contributed by atoms with van der Waals surface area (Å²) >= 11 is 0. The molecule has 2 rings (SSSR count). The largest absolute Gasteiger partial charge is 0.385 e. The number of hydrogen-bond acceptors (Lipinski definition) is 1. The summed E-state index contributed by atoms with van der Waals surface area (Å²) in [5.74, 6) is -3.12. The molecule has 0 unspecified atom stereocenters. The molecular weight excluding hydrogens is 203 g/mol. The zero-order chi connectivity index (χ0) is 10.8. The maximum Gasteiger partial charge on any atom is 0.194 e. The highest BCUT2D eigenvalue weighted by molar-refractivity contribution is 5.44. The van der Waals surface area contributed by atoms with Crippen LogP contribution in [0.4, 0.5) is 18.9 Å². The second kappa shape index (κ2) is 4.13. The molecule has 1 aromatic rings. The van der Waals surface area contributed by atoms with Crippen LogP contribution in [0.3, 0.4) is 0 Å². The predicted octanol–water partition coefficient (Wildman–Crippen LogP) is 3.32. The van der Waals surface area contributed by atoms with Crippen LogP contribution < -0.4 is 5.32 Å². The maximum absolute atomic E-state index is 12.8. The van der Waals surface area contributed by atoms with Crippen LogP contribution in [0.25, 0.3) is 0 Å². The molecule has 0 bridgehead atoms. The van der Waals surface area contributed by atoms with Gasteiger partial charge in [0.05, 0.1) is 0 Å². The van der Waals surface area contributed by atoms with E-state index >= 15 is 0 Å². The zero-order valence-corrected chi connectivity index (χ0v) is 8.19. The van der Waals surface area contributed by atoms with E-state index in [9.17, 15) is 13.2 Å². The third-order valence-electron chi connectivity index (χ3n) is 2.80. The van der Waals surface area contributed by atoms with Gasteiger partial charge in [0.2, 0.25) is 0 Å². The third-order valence-corrected chi connectivity index (χ3v) is 2.80. The molecule has 1 fully saturated rings. The molecule has 1 nitrogen and oxygen atoms in total. The summed E-state index contributed by atoms with van der Waals surface area (Å²) in [5, 5.41) is 2.91. The first-order valence-electron chi connectivity index (χ1n) is 5.05. The van der Waals surface area contributed by atoms with Crippen LogP contribution in [0.5, 0.6) is 0 Å². The summed E-state index contributed by atoms with van der Waals surface area (Å²) in [6.07, 6.45) is 3.52. The van der Waals surface area contributed by atoms with E-state index in [1.807, 2.05) is 0 Å². The predicted molar refractivity (Wildman–Crippen MR) is 52.1 cm³/mol. The van der Waals surface area contributed by atoms with Crippen LogP contribution in [0.1, 0.15) is 19.3 Å². The molecule has 1 aliphatic carbocycles. The molecule has 1 N–H and O–H groups in total. The van der Waals surface area contributed by atoms with Crippen molar-refractivity contribution in [1.82, 2.24) is 0 Å². The van der Waals surface area contributed by atoms with E-state index in [1.54, 1.807) is 0 Å². The first-order valence-corrected chi connectivity index (χ1v) is 5.05. The van der Waals surface area contributed by atoms with Crippen molar-refractivity contribution in [1.29, 1.82) is 0 Å². The Balaban J connectivity index is 2.01. The minimum atomic E-state index is -1.41. The maximum atomic E-state index is 12.8. The summed E-state index contributed by atoms with van der Waals surface area (Å²) in [7, 11) is 0. The number of benzene rings is 1. The average Bonchev–Trinajstić information content (AvgIpc) is 2.11. The Labute approximate surface area is 86.3 Å². The van der Waals surface area contributed by atoms with Crippen molar-refractivity contribution in [2.24, 2.45) is 5.92 Å². The van der Waals surface area contributed by atoms with Crippen LogP contribution in [0.2, 0.25) is 0 Å². The van der Waals surface area contributed by atoms with Crippen molar-refractivity contribution in [2.75, 3.05) is 11.9 Å². The summed E-state index contributed by atoms with van der Waals surface area (Å²) in [6, 6.07) is 1.97. The molecule has 0 amide bonds. The van der Waals surface area contributed by atoms with Gasteiger partial charge in [-0.1, -0.05) is 6.42 Å². The molecular formula is C11H12F3N. The van der Waals surface area contributed by atoms with Crippen molar-refractivity contribution in [2.45, 2.75) is 19.3 Å². The summed E-state index contributed by atoms with van der Waals surface area (Å²) in [4.78, 5) is 0. The Bertz CT molecular complexity index is 338. The average molecular weight is 215 g/mol. The molecule has 0 atom stereocenters. The molecule has 0 saturated heterocycles. The second-order valence-corrected chi connectivity index (χ2v) is 3.93. The van der Waals surface area contributed by atoms with Gasteiger partial charge in [-0.2, -0.15) is 0 Å². The number of anilines is 1. The number of halogens is 3. The molecule has 82 valence electrons. The van der Waals surface area contributed by atoms with Crippen LogP contribution in [0.15, 0.2) is 12.1 Å². The first kappa shape index (κ1) is 10.3. The van der Waals surface area contributed by atoms with E-state index in [2.05, 4.69) is 5.32 Å². The van der Waals surface area contributed by atoms with Gasteiger partial charge in [-0.15, -0.1) is 0 Å². The number of rotatable bonds is 3. The molecule has 0 aliphatic heterocycles. The van der Waals surface area contributed by atoms with Gasteiger partial charge in [0.15, 0.2) is 17.5 Å². The van der Waals surface area contributed by atoms with Gasteiger partial charge in [0.25, 0.3) is 0 Å². The van der Waals surface area contributed by atoms with Gasteiger partial charge < -0.3 is 5.32 Å². The highest BCUT2D eigenvalue weighted by Gasteiger charge is 2.17. The quantitative estimate of drug-likeness (QED) is 0.763. The van der Waals surface area contributed by atoms with Crippen LogP contribution in [-0.4, -0.2) is 6.54 Å². The molecule has 0 spiro atoms. The Morgan fingerprint density at radius 1 is 1.13 bits per heavy atom. The van der Waals surface area contributed by atoms with Gasteiger partial charge in [-0.05, 0) is 18.8 Å². The van der Waals surface area contributed by atoms with E-state index in [0.29, 0.717) is 18.2 Å². The highest BCUT2D eigenvalue weighted by Crippen LogP contribution is 2.27. The standard InChI is InChI=1S/C11H12F3N/c12-9-4-8(5-10(13)11(9)14)15-6-7-2-1-3-7/h4-5,7,15H,1-3,6H2. The van der Waals surface area contributed by atoms with Gasteiger partial charge in [0, 0.05) is 24.4 Å². The summed E-state index contributed by atoms with van der Waals surface area (Å²) in [6.45, 7) is 0.699. The Morgan fingerprint density at radius 2 is 1.73 bits per heavy atom. The van der Waals surface area contributed by atoms with Gasteiger partial charge in [-0.25, -0.2) is 13.2 Å². The zero-order valence-electron chi connectivity index (χ0n) is 8.19. The minimum Gasteiger partial charge on any atom is -0.385 e. The first-order chi connectivity index (χ1) is 7.16. The Morgan fingerprint density at radius 3 is 2.20 bits per heavy atom. The van der Waals surface area contributed by atoms with Crippen molar-refractivity contribution < 1.29 is 13.2 Å². The SMILES string of the molecule is Fc1cc(NCC2CCC2)cc(F)c1F. The third kappa shape index (κ3) is 2.25. The van der Waals surface area contributed by atoms with Crippen molar-refractivity contribution >= 4 is 5.69 Å². The van der Waals surface area contributed by atoms with E-state index < -0.39 is 17.5 Å². The number of hydrogen-bond donors (Lipinski definition) is 1. The van der Waals surface area contributed by atoms with Gasteiger partial charge in [0.1, 0.15) is 0 Å². The lowest BCUT2D eigenvalue weighted by Crippen LogP contribution is -2.21. The Kier molecular flexibility index (Phi) is 2.84. The lowest BCUT2D eigenvalue weighted by Gasteiger charge is -2.25. The van der Waals surface area contributed by atoms with E-state index in [4.69, 9.17) is 0 Å². The molecule has 1 aromatic carbocycles. The van der Waals surface area contributed by atoms with Crippen LogP contribution in [-0.2, 0) is 0 Å². The lowest BCUT2D eigenvalue weighted by molar-refractivity contribution is 0.333. The van der Waals surface area contributed by atoms with Gasteiger partial charge >= 0.3 is 0 Å². The van der Waals surface area contributed by atoms with Crippen molar-refractivity contribution in [3.63, 3.8) is 0 Å². The van der Waals surface area contributed by atoms with E-state index in [1.165, 1.54) is 6.42 Å². The fourth-order valence-corrected chi connectivity index (χ4v) is 1.62. The molecule has 0 heterocycles. The second-order valence-electron chi connectivity index (χ2n) is 3.93. The molecule has 1 aliphatic rings. The molecule has 4 heteroatoms. The van der Waals surface area contributed by atoms with Crippen LogP contribution >= 0.6 is 0 Å². The normalized spacial score (nSPS) is 16.2. The lowest BCUT2D eigenvalue weighted by atomic mass is 9.85. The summed E-state index contributed by atoms with van der Waals surface area (Å²) in [5.41, 5.74) is 0.304. The fourth-order valence-electron chi connectivity index (χ4n) is 1.62. The molecule has 1 saturated carbocycles. The van der Waals surface area contributed by atoms with Crippen molar-refractivity contribution in [3.05, 3.63) is 29.6 Å². The molecule has 15 heavy (non-hydrogen) atoms. The fraction of sp³-hybridized carbons (Fsp3) is 0.455. The van der Waals surface area contributed by atoms with E-state index in [0.717, 1.165) is 25.0 Å². The molecule has 0 radical (unpaired) electrons.